The SMILES string of the molecule is CCNC(=NCc1cccnc1OCc1ccccc1)NCc1cccs1.I. The number of thiophene rings is 1. The Bertz CT molecular complexity index is 841. The Hall–Kier alpha value is -2.13. The van der Waals surface area contributed by atoms with Gasteiger partial charge in [-0.2, -0.15) is 0 Å². The largest absolute Gasteiger partial charge is 0.473 e. The molecule has 0 amide bonds. The zero-order valence-electron chi connectivity index (χ0n) is 15.8. The fraction of sp³-hybridized carbons (Fsp3) is 0.238. The van der Waals surface area contributed by atoms with Crippen molar-refractivity contribution in [3.05, 3.63) is 82.2 Å². The average Bonchev–Trinajstić information content (AvgIpc) is 3.23. The summed E-state index contributed by atoms with van der Waals surface area (Å²) in [5, 5.41) is 8.71. The third-order valence-corrected chi connectivity index (χ3v) is 4.71. The Morgan fingerprint density at radius 2 is 1.93 bits per heavy atom. The molecule has 2 aromatic heterocycles. The maximum absolute atomic E-state index is 5.91. The van der Waals surface area contributed by atoms with Gasteiger partial charge in [0.25, 0.3) is 0 Å². The molecule has 28 heavy (non-hydrogen) atoms. The molecule has 0 radical (unpaired) electrons. The molecule has 0 aliphatic carbocycles. The monoisotopic (exact) mass is 508 g/mol. The van der Waals surface area contributed by atoms with Gasteiger partial charge in [-0.1, -0.05) is 42.5 Å². The van der Waals surface area contributed by atoms with E-state index in [1.165, 1.54) is 4.88 Å². The van der Waals surface area contributed by atoms with Gasteiger partial charge in [0, 0.05) is 23.2 Å². The third kappa shape index (κ3) is 7.12. The number of aliphatic imine (C=N–C) groups is 1. The summed E-state index contributed by atoms with van der Waals surface area (Å²) in [6.07, 6.45) is 1.74. The van der Waals surface area contributed by atoms with Crippen LogP contribution < -0.4 is 15.4 Å². The molecule has 5 nitrogen and oxygen atoms in total. The van der Waals surface area contributed by atoms with Crippen molar-refractivity contribution >= 4 is 41.3 Å². The summed E-state index contributed by atoms with van der Waals surface area (Å²) in [6, 6.07) is 18.2. The molecule has 0 fully saturated rings. The van der Waals surface area contributed by atoms with Crippen LogP contribution in [0.15, 0.2) is 71.2 Å². The minimum absolute atomic E-state index is 0. The van der Waals surface area contributed by atoms with E-state index in [0.717, 1.165) is 30.2 Å². The maximum Gasteiger partial charge on any atom is 0.218 e. The normalized spacial score (nSPS) is 10.8. The summed E-state index contributed by atoms with van der Waals surface area (Å²) in [6.45, 7) is 4.61. The molecular formula is C21H25IN4OS. The molecule has 3 rings (SSSR count). The summed E-state index contributed by atoms with van der Waals surface area (Å²) in [7, 11) is 0. The van der Waals surface area contributed by atoms with Gasteiger partial charge in [-0.15, -0.1) is 35.3 Å². The highest BCUT2D eigenvalue weighted by Gasteiger charge is 2.06. The van der Waals surface area contributed by atoms with Gasteiger partial charge in [-0.25, -0.2) is 9.98 Å². The zero-order chi connectivity index (χ0) is 18.7. The lowest BCUT2D eigenvalue weighted by molar-refractivity contribution is 0.290. The lowest BCUT2D eigenvalue weighted by Gasteiger charge is -2.12. The van der Waals surface area contributed by atoms with E-state index >= 15 is 0 Å². The number of nitrogens with zero attached hydrogens (tertiary/aromatic N) is 2. The van der Waals surface area contributed by atoms with E-state index in [4.69, 9.17) is 4.74 Å². The van der Waals surface area contributed by atoms with Crippen LogP contribution in [0, 0.1) is 0 Å². The van der Waals surface area contributed by atoms with E-state index in [0.29, 0.717) is 19.0 Å². The summed E-state index contributed by atoms with van der Waals surface area (Å²) in [5.74, 6) is 1.41. The Morgan fingerprint density at radius 1 is 1.07 bits per heavy atom. The van der Waals surface area contributed by atoms with E-state index < -0.39 is 0 Å². The summed E-state index contributed by atoms with van der Waals surface area (Å²) in [4.78, 5) is 10.3. The first-order valence-electron chi connectivity index (χ1n) is 9.00. The number of pyridine rings is 1. The van der Waals surface area contributed by atoms with Crippen LogP contribution in [0.2, 0.25) is 0 Å². The minimum Gasteiger partial charge on any atom is -0.473 e. The first-order valence-corrected chi connectivity index (χ1v) is 9.88. The van der Waals surface area contributed by atoms with Crippen molar-refractivity contribution in [2.75, 3.05) is 6.54 Å². The number of benzene rings is 1. The smallest absolute Gasteiger partial charge is 0.218 e. The first-order chi connectivity index (χ1) is 13.3. The van der Waals surface area contributed by atoms with Crippen LogP contribution in [0.25, 0.3) is 0 Å². The van der Waals surface area contributed by atoms with E-state index in [1.807, 2.05) is 42.5 Å². The van der Waals surface area contributed by atoms with Crippen molar-refractivity contribution in [1.82, 2.24) is 15.6 Å². The zero-order valence-corrected chi connectivity index (χ0v) is 18.9. The van der Waals surface area contributed by atoms with Gasteiger partial charge in [0.1, 0.15) is 6.61 Å². The number of aromatic nitrogens is 1. The summed E-state index contributed by atoms with van der Waals surface area (Å²) >= 11 is 1.73. The molecule has 0 saturated carbocycles. The van der Waals surface area contributed by atoms with Gasteiger partial charge < -0.3 is 15.4 Å². The minimum atomic E-state index is 0. The fourth-order valence-electron chi connectivity index (χ4n) is 2.49. The molecule has 3 aromatic rings. The van der Waals surface area contributed by atoms with E-state index in [2.05, 4.69) is 45.0 Å². The highest BCUT2D eigenvalue weighted by atomic mass is 127. The van der Waals surface area contributed by atoms with Gasteiger partial charge in [0.15, 0.2) is 5.96 Å². The number of nitrogens with one attached hydrogen (secondary N) is 2. The Kier molecular flexibility index (Phi) is 9.78. The van der Waals surface area contributed by atoms with E-state index in [-0.39, 0.29) is 24.0 Å². The molecule has 2 heterocycles. The second-order valence-corrected chi connectivity index (χ2v) is 6.90. The quantitative estimate of drug-likeness (QED) is 0.266. The molecule has 0 bridgehead atoms. The third-order valence-electron chi connectivity index (χ3n) is 3.83. The van der Waals surface area contributed by atoms with E-state index in [1.54, 1.807) is 17.5 Å². The maximum atomic E-state index is 5.91. The molecule has 0 atom stereocenters. The second-order valence-electron chi connectivity index (χ2n) is 5.87. The molecule has 0 aliphatic heterocycles. The van der Waals surface area contributed by atoms with Crippen LogP contribution in [-0.2, 0) is 19.7 Å². The summed E-state index contributed by atoms with van der Waals surface area (Å²) < 4.78 is 5.91. The van der Waals surface area contributed by atoms with Crippen LogP contribution in [0.5, 0.6) is 5.88 Å². The van der Waals surface area contributed by atoms with Crippen LogP contribution in [-0.4, -0.2) is 17.5 Å². The van der Waals surface area contributed by atoms with Crippen LogP contribution >= 0.6 is 35.3 Å². The lowest BCUT2D eigenvalue weighted by atomic mass is 10.2. The van der Waals surface area contributed by atoms with Crippen molar-refractivity contribution in [3.63, 3.8) is 0 Å². The molecule has 148 valence electrons. The standard InChI is InChI=1S/C21H24N4OS.HI/c1-2-22-21(25-15-19-11-7-13-27-19)24-14-18-10-6-12-23-20(18)26-16-17-8-4-3-5-9-17;/h3-13H,2,14-16H2,1H3,(H2,22,24,25);1H. The molecular weight excluding hydrogens is 483 g/mol. The molecule has 0 unspecified atom stereocenters. The van der Waals surface area contributed by atoms with Crippen molar-refractivity contribution in [3.8, 4) is 5.88 Å². The number of hydrogen-bond acceptors (Lipinski definition) is 4. The van der Waals surface area contributed by atoms with E-state index in [9.17, 15) is 0 Å². The molecule has 0 saturated heterocycles. The highest BCUT2D eigenvalue weighted by molar-refractivity contribution is 14.0. The summed E-state index contributed by atoms with van der Waals surface area (Å²) in [5.41, 5.74) is 2.07. The van der Waals surface area contributed by atoms with Crippen molar-refractivity contribution in [2.45, 2.75) is 26.6 Å². The average molecular weight is 508 g/mol. The van der Waals surface area contributed by atoms with Crippen LogP contribution in [0.3, 0.4) is 0 Å². The van der Waals surface area contributed by atoms with Crippen LogP contribution in [0.4, 0.5) is 0 Å². The Morgan fingerprint density at radius 3 is 2.68 bits per heavy atom. The van der Waals surface area contributed by atoms with Gasteiger partial charge in [-0.05, 0) is 30.0 Å². The van der Waals surface area contributed by atoms with Crippen molar-refractivity contribution in [2.24, 2.45) is 4.99 Å². The van der Waals surface area contributed by atoms with Gasteiger partial charge in [0.2, 0.25) is 5.88 Å². The Balaban J connectivity index is 0.00000280. The number of ether oxygens (including phenoxy) is 1. The number of hydrogen-bond donors (Lipinski definition) is 2. The van der Waals surface area contributed by atoms with Crippen LogP contribution in [0.1, 0.15) is 22.9 Å². The van der Waals surface area contributed by atoms with Gasteiger partial charge in [-0.3, -0.25) is 0 Å². The van der Waals surface area contributed by atoms with Crippen molar-refractivity contribution in [1.29, 1.82) is 0 Å². The molecule has 2 N–H and O–H groups in total. The molecule has 0 spiro atoms. The Labute approximate surface area is 187 Å². The predicted octanol–water partition coefficient (Wildman–Crippen LogP) is 4.60. The first kappa shape index (κ1) is 22.2. The number of guanidine groups is 1. The van der Waals surface area contributed by atoms with Crippen molar-refractivity contribution < 1.29 is 4.74 Å². The van der Waals surface area contributed by atoms with Gasteiger partial charge in [0.05, 0.1) is 13.1 Å². The fourth-order valence-corrected chi connectivity index (χ4v) is 3.13. The second kappa shape index (κ2) is 12.4. The molecule has 1 aromatic carbocycles. The topological polar surface area (TPSA) is 58.5 Å². The number of rotatable bonds is 8. The lowest BCUT2D eigenvalue weighted by Crippen LogP contribution is -2.36. The molecule has 0 aliphatic rings. The predicted molar refractivity (Wildman–Crippen MR) is 126 cm³/mol. The highest BCUT2D eigenvalue weighted by Crippen LogP contribution is 2.17. The van der Waals surface area contributed by atoms with Gasteiger partial charge >= 0.3 is 0 Å². The molecule has 7 heteroatoms. The number of halogens is 1.